The molecular formula is C6H13OP. The van der Waals surface area contributed by atoms with Crippen LogP contribution in [0.3, 0.4) is 0 Å². The first-order chi connectivity index (χ1) is 3.42. The van der Waals surface area contributed by atoms with Gasteiger partial charge in [0.15, 0.2) is 0 Å². The lowest BCUT2D eigenvalue weighted by Gasteiger charge is -1.96. The van der Waals surface area contributed by atoms with Crippen molar-refractivity contribution in [1.82, 2.24) is 0 Å². The molecule has 0 N–H and O–H groups in total. The molecule has 0 saturated heterocycles. The van der Waals surface area contributed by atoms with E-state index in [-0.39, 0.29) is 0 Å². The van der Waals surface area contributed by atoms with Crippen molar-refractivity contribution in [1.29, 1.82) is 0 Å². The molecule has 0 aliphatic rings. The lowest BCUT2D eigenvalue weighted by atomic mass is 10.4. The van der Waals surface area contributed by atoms with Crippen LogP contribution in [0, 0.1) is 0 Å². The van der Waals surface area contributed by atoms with Gasteiger partial charge < -0.3 is 4.57 Å². The zero-order chi connectivity index (χ0) is 6.78. The lowest BCUT2D eigenvalue weighted by Crippen LogP contribution is -1.68. The molecule has 0 saturated carbocycles. The summed E-state index contributed by atoms with van der Waals surface area (Å²) < 4.78 is 10.9. The van der Waals surface area contributed by atoms with E-state index in [0.29, 0.717) is 0 Å². The average Bonchev–Trinajstić information content (AvgIpc) is 1.21. The Bertz CT molecular complexity index is 137. The first-order valence-corrected chi connectivity index (χ1v) is 5.29. The van der Waals surface area contributed by atoms with Crippen LogP contribution in [0.25, 0.3) is 0 Å². The third-order valence-corrected chi connectivity index (χ3v) is 1.71. The highest BCUT2D eigenvalue weighted by Crippen LogP contribution is 2.38. The molecule has 0 aliphatic heterocycles. The quantitative estimate of drug-likeness (QED) is 0.501. The molecule has 0 fully saturated rings. The molecule has 0 aromatic carbocycles. The van der Waals surface area contributed by atoms with Crippen LogP contribution in [0.15, 0.2) is 11.4 Å². The van der Waals surface area contributed by atoms with Crippen LogP contribution in [0.4, 0.5) is 0 Å². The first-order valence-electron chi connectivity index (χ1n) is 2.62. The van der Waals surface area contributed by atoms with Crippen molar-refractivity contribution in [3.05, 3.63) is 11.4 Å². The van der Waals surface area contributed by atoms with E-state index < -0.39 is 7.14 Å². The third kappa shape index (κ3) is 5.97. The van der Waals surface area contributed by atoms with Gasteiger partial charge in [-0.1, -0.05) is 5.57 Å². The zero-order valence-electron chi connectivity index (χ0n) is 5.93. The summed E-state index contributed by atoms with van der Waals surface area (Å²) in [6.45, 7) is 7.44. The van der Waals surface area contributed by atoms with Gasteiger partial charge in [-0.3, -0.25) is 0 Å². The van der Waals surface area contributed by atoms with Crippen molar-refractivity contribution in [3.8, 4) is 0 Å². The number of rotatable bonds is 1. The largest absolute Gasteiger partial charge is 0.320 e. The molecule has 0 amide bonds. The highest BCUT2D eigenvalue weighted by Gasteiger charge is 1.98. The first kappa shape index (κ1) is 7.97. The SMILES string of the molecule is CC(C)=CP(C)(C)=O. The summed E-state index contributed by atoms with van der Waals surface area (Å²) in [6.07, 6.45) is 0. The fourth-order valence-corrected chi connectivity index (χ4v) is 1.87. The van der Waals surface area contributed by atoms with Crippen LogP contribution < -0.4 is 0 Å². The van der Waals surface area contributed by atoms with Crippen molar-refractivity contribution in [2.75, 3.05) is 13.3 Å². The molecule has 0 aliphatic carbocycles. The molecule has 0 aromatic heterocycles. The minimum atomic E-state index is -1.88. The Morgan fingerprint density at radius 2 is 1.75 bits per heavy atom. The molecule has 0 rings (SSSR count). The van der Waals surface area contributed by atoms with E-state index in [2.05, 4.69) is 0 Å². The molecule has 2 heteroatoms. The van der Waals surface area contributed by atoms with Gasteiger partial charge in [0.1, 0.15) is 7.14 Å². The van der Waals surface area contributed by atoms with E-state index in [1.807, 2.05) is 19.7 Å². The van der Waals surface area contributed by atoms with Gasteiger partial charge in [-0.25, -0.2) is 0 Å². The molecule has 0 bridgehead atoms. The van der Waals surface area contributed by atoms with Crippen LogP contribution in [0.2, 0.25) is 0 Å². The molecule has 48 valence electrons. The van der Waals surface area contributed by atoms with Crippen LogP contribution in [-0.2, 0) is 4.57 Å². The topological polar surface area (TPSA) is 17.1 Å². The van der Waals surface area contributed by atoms with Gasteiger partial charge in [0.05, 0.1) is 0 Å². The second kappa shape index (κ2) is 2.50. The predicted octanol–water partition coefficient (Wildman–Crippen LogP) is 2.53. The lowest BCUT2D eigenvalue weighted by molar-refractivity contribution is 0.588. The maximum absolute atomic E-state index is 10.9. The van der Waals surface area contributed by atoms with Gasteiger partial charge in [-0.2, -0.15) is 0 Å². The molecule has 0 spiro atoms. The van der Waals surface area contributed by atoms with Crippen molar-refractivity contribution in [3.63, 3.8) is 0 Å². The fraction of sp³-hybridized carbons (Fsp3) is 0.667. The maximum atomic E-state index is 10.9. The Morgan fingerprint density at radius 1 is 1.38 bits per heavy atom. The second-order valence-electron chi connectivity index (χ2n) is 2.64. The van der Waals surface area contributed by atoms with Crippen molar-refractivity contribution < 1.29 is 4.57 Å². The molecule has 0 aromatic rings. The second-order valence-corrected chi connectivity index (χ2v) is 5.77. The minimum absolute atomic E-state index is 1.14. The summed E-state index contributed by atoms with van der Waals surface area (Å²) in [5.74, 6) is 1.83. The number of hydrogen-bond acceptors (Lipinski definition) is 1. The Hall–Kier alpha value is -0.0300. The van der Waals surface area contributed by atoms with Gasteiger partial charge in [0.2, 0.25) is 0 Å². The van der Waals surface area contributed by atoms with Crippen LogP contribution in [-0.4, -0.2) is 13.3 Å². The van der Waals surface area contributed by atoms with Crippen LogP contribution in [0.5, 0.6) is 0 Å². The summed E-state index contributed by atoms with van der Waals surface area (Å²) in [6, 6.07) is 0. The third-order valence-electron chi connectivity index (χ3n) is 0.569. The number of allylic oxidation sites excluding steroid dienone is 1. The average molecular weight is 132 g/mol. The normalized spacial score (nSPS) is 11.0. The molecule has 0 radical (unpaired) electrons. The maximum Gasteiger partial charge on any atom is 0.102 e. The van der Waals surface area contributed by atoms with Gasteiger partial charge in [-0.15, -0.1) is 0 Å². The fourth-order valence-electron chi connectivity index (χ4n) is 0.622. The highest BCUT2D eigenvalue weighted by atomic mass is 31.2. The smallest absolute Gasteiger partial charge is 0.102 e. The van der Waals surface area contributed by atoms with E-state index in [1.54, 1.807) is 13.3 Å². The molecule has 1 nitrogen and oxygen atoms in total. The van der Waals surface area contributed by atoms with Gasteiger partial charge in [0.25, 0.3) is 0 Å². The van der Waals surface area contributed by atoms with Crippen molar-refractivity contribution >= 4 is 7.14 Å². The Labute approximate surface area is 51.2 Å². The van der Waals surface area contributed by atoms with Gasteiger partial charge in [-0.05, 0) is 33.0 Å². The van der Waals surface area contributed by atoms with Crippen LogP contribution >= 0.6 is 7.14 Å². The Kier molecular flexibility index (Phi) is 2.49. The van der Waals surface area contributed by atoms with E-state index in [4.69, 9.17) is 0 Å². The molecule has 8 heavy (non-hydrogen) atoms. The Balaban J connectivity index is 4.11. The zero-order valence-corrected chi connectivity index (χ0v) is 6.83. The molecular weight excluding hydrogens is 119 g/mol. The summed E-state index contributed by atoms with van der Waals surface area (Å²) in [5, 5.41) is 0. The standard InChI is InChI=1S/C6H13OP/c1-6(2)5-8(3,4)7/h5H,1-4H3. The van der Waals surface area contributed by atoms with E-state index in [0.717, 1.165) is 5.57 Å². The molecule has 0 atom stereocenters. The molecule has 0 heterocycles. The van der Waals surface area contributed by atoms with E-state index in [9.17, 15) is 4.57 Å². The van der Waals surface area contributed by atoms with Crippen molar-refractivity contribution in [2.24, 2.45) is 0 Å². The Morgan fingerprint density at radius 3 is 1.75 bits per heavy atom. The van der Waals surface area contributed by atoms with Gasteiger partial charge >= 0.3 is 0 Å². The predicted molar refractivity (Wildman–Crippen MR) is 38.9 cm³/mol. The van der Waals surface area contributed by atoms with E-state index >= 15 is 0 Å². The monoisotopic (exact) mass is 132 g/mol. The van der Waals surface area contributed by atoms with E-state index in [1.165, 1.54) is 0 Å². The van der Waals surface area contributed by atoms with Crippen molar-refractivity contribution in [2.45, 2.75) is 13.8 Å². The number of hydrogen-bond donors (Lipinski definition) is 0. The summed E-state index contributed by atoms with van der Waals surface area (Å²) in [5.41, 5.74) is 1.14. The van der Waals surface area contributed by atoms with Crippen LogP contribution in [0.1, 0.15) is 13.8 Å². The minimum Gasteiger partial charge on any atom is -0.320 e. The highest BCUT2D eigenvalue weighted by molar-refractivity contribution is 7.65. The summed E-state index contributed by atoms with van der Waals surface area (Å²) in [7, 11) is -1.88. The van der Waals surface area contributed by atoms with Gasteiger partial charge in [0, 0.05) is 0 Å². The summed E-state index contributed by atoms with van der Waals surface area (Å²) in [4.78, 5) is 0. The summed E-state index contributed by atoms with van der Waals surface area (Å²) >= 11 is 0. The molecule has 0 unspecified atom stereocenters.